The monoisotopic (exact) mass is 190 g/mol. The van der Waals surface area contributed by atoms with Crippen LogP contribution in [0.1, 0.15) is 33.6 Å². The van der Waals surface area contributed by atoms with Gasteiger partial charge in [-0.05, 0) is 19.8 Å². The molecule has 1 heterocycles. The van der Waals surface area contributed by atoms with E-state index < -0.39 is 5.79 Å². The first-order valence-corrected chi connectivity index (χ1v) is 5.16. The molecule has 1 rings (SSSR count). The maximum absolute atomic E-state index is 5.75. The lowest BCUT2D eigenvalue weighted by molar-refractivity contribution is -0.167. The summed E-state index contributed by atoms with van der Waals surface area (Å²) in [6, 6.07) is 0. The van der Waals surface area contributed by atoms with E-state index in [1.807, 2.05) is 6.92 Å². The van der Waals surface area contributed by atoms with Crippen molar-refractivity contribution >= 4 is 12.6 Å². The zero-order chi connectivity index (χ0) is 9.19. The number of hydrogen-bond donors (Lipinski definition) is 1. The number of rotatable bonds is 3. The molecule has 0 saturated carbocycles. The normalized spacial score (nSPS) is 38.5. The van der Waals surface area contributed by atoms with Crippen molar-refractivity contribution in [1.29, 1.82) is 0 Å². The molecule has 0 aromatic carbocycles. The van der Waals surface area contributed by atoms with Gasteiger partial charge in [0, 0.05) is 0 Å². The summed E-state index contributed by atoms with van der Waals surface area (Å²) < 4.78 is 11.4. The lowest BCUT2D eigenvalue weighted by Gasteiger charge is -2.31. The third-order valence-corrected chi connectivity index (χ3v) is 3.11. The molecule has 12 heavy (non-hydrogen) atoms. The zero-order valence-electron chi connectivity index (χ0n) is 8.04. The minimum absolute atomic E-state index is 0.187. The highest BCUT2D eigenvalue weighted by atomic mass is 32.1. The SMILES string of the molecule is CCC(S)C1(CC)OCC(C)O1. The minimum atomic E-state index is -0.419. The highest BCUT2D eigenvalue weighted by molar-refractivity contribution is 7.81. The lowest BCUT2D eigenvalue weighted by atomic mass is 10.1. The van der Waals surface area contributed by atoms with Crippen LogP contribution in [0.4, 0.5) is 0 Å². The summed E-state index contributed by atoms with van der Waals surface area (Å²) in [6.07, 6.45) is 2.06. The van der Waals surface area contributed by atoms with Crippen molar-refractivity contribution in [1.82, 2.24) is 0 Å². The Bertz CT molecular complexity index is 151. The molecule has 0 spiro atoms. The summed E-state index contributed by atoms with van der Waals surface area (Å²) in [4.78, 5) is 0. The Morgan fingerprint density at radius 2 is 2.25 bits per heavy atom. The predicted octanol–water partition coefficient (Wildman–Crippen LogP) is 2.24. The molecule has 3 heteroatoms. The molecule has 0 aliphatic carbocycles. The summed E-state index contributed by atoms with van der Waals surface area (Å²) in [5.41, 5.74) is 0. The van der Waals surface area contributed by atoms with Crippen LogP contribution >= 0.6 is 12.6 Å². The lowest BCUT2D eigenvalue weighted by Crippen LogP contribution is -2.39. The van der Waals surface area contributed by atoms with E-state index in [2.05, 4.69) is 26.5 Å². The second kappa shape index (κ2) is 3.99. The van der Waals surface area contributed by atoms with Crippen LogP contribution in [0.25, 0.3) is 0 Å². The standard InChI is InChI=1S/C9H18O2S/c1-4-8(12)9(5-2)10-6-7(3)11-9/h7-8,12H,4-6H2,1-3H3. The fraction of sp³-hybridized carbons (Fsp3) is 1.00. The van der Waals surface area contributed by atoms with Crippen molar-refractivity contribution in [3.63, 3.8) is 0 Å². The van der Waals surface area contributed by atoms with Gasteiger partial charge in [0.25, 0.3) is 0 Å². The molecule has 3 atom stereocenters. The highest BCUT2D eigenvalue weighted by Gasteiger charge is 2.42. The van der Waals surface area contributed by atoms with E-state index >= 15 is 0 Å². The van der Waals surface area contributed by atoms with Gasteiger partial charge in [-0.25, -0.2) is 0 Å². The van der Waals surface area contributed by atoms with E-state index in [9.17, 15) is 0 Å². The molecule has 0 N–H and O–H groups in total. The van der Waals surface area contributed by atoms with Gasteiger partial charge in [-0.15, -0.1) is 0 Å². The molecule has 0 radical (unpaired) electrons. The predicted molar refractivity (Wildman–Crippen MR) is 52.6 cm³/mol. The smallest absolute Gasteiger partial charge is 0.180 e. The van der Waals surface area contributed by atoms with Crippen molar-refractivity contribution in [2.45, 2.75) is 50.8 Å². The van der Waals surface area contributed by atoms with Crippen LogP contribution in [-0.2, 0) is 9.47 Å². The van der Waals surface area contributed by atoms with Crippen molar-refractivity contribution in [2.75, 3.05) is 6.61 Å². The van der Waals surface area contributed by atoms with Crippen LogP contribution in [0.3, 0.4) is 0 Å². The highest BCUT2D eigenvalue weighted by Crippen LogP contribution is 2.34. The fourth-order valence-electron chi connectivity index (χ4n) is 1.57. The van der Waals surface area contributed by atoms with Gasteiger partial charge >= 0.3 is 0 Å². The number of ether oxygens (including phenoxy) is 2. The Balaban J connectivity index is 2.63. The largest absolute Gasteiger partial charge is 0.346 e. The van der Waals surface area contributed by atoms with Crippen LogP contribution in [0.2, 0.25) is 0 Å². The fourth-order valence-corrected chi connectivity index (χ4v) is 1.89. The third-order valence-electron chi connectivity index (χ3n) is 2.35. The zero-order valence-corrected chi connectivity index (χ0v) is 8.93. The second-order valence-corrected chi connectivity index (χ2v) is 3.95. The van der Waals surface area contributed by atoms with Gasteiger partial charge in [-0.2, -0.15) is 12.6 Å². The van der Waals surface area contributed by atoms with Crippen molar-refractivity contribution < 1.29 is 9.47 Å². The molecule has 3 unspecified atom stereocenters. The molecule has 1 aliphatic heterocycles. The van der Waals surface area contributed by atoms with Crippen molar-refractivity contribution in [3.05, 3.63) is 0 Å². The quantitative estimate of drug-likeness (QED) is 0.688. The molecule has 1 fully saturated rings. The summed E-state index contributed by atoms with van der Waals surface area (Å²) in [7, 11) is 0. The van der Waals surface area contributed by atoms with Crippen LogP contribution in [0.15, 0.2) is 0 Å². The minimum Gasteiger partial charge on any atom is -0.346 e. The van der Waals surface area contributed by atoms with Gasteiger partial charge in [0.1, 0.15) is 0 Å². The molecule has 1 aliphatic rings. The average molecular weight is 190 g/mol. The van der Waals surface area contributed by atoms with E-state index in [0.29, 0.717) is 6.61 Å². The van der Waals surface area contributed by atoms with Gasteiger partial charge in [-0.3, -0.25) is 0 Å². The van der Waals surface area contributed by atoms with Gasteiger partial charge in [0.2, 0.25) is 0 Å². The van der Waals surface area contributed by atoms with E-state index in [-0.39, 0.29) is 11.4 Å². The van der Waals surface area contributed by atoms with E-state index in [1.54, 1.807) is 0 Å². The van der Waals surface area contributed by atoms with E-state index in [1.165, 1.54) is 0 Å². The van der Waals surface area contributed by atoms with Crippen molar-refractivity contribution in [3.8, 4) is 0 Å². The number of hydrogen-bond acceptors (Lipinski definition) is 3. The summed E-state index contributed by atoms with van der Waals surface area (Å²) in [5.74, 6) is -0.419. The van der Waals surface area contributed by atoms with Gasteiger partial charge in [0.05, 0.1) is 18.0 Å². The molecule has 0 amide bonds. The molecule has 0 aromatic heterocycles. The van der Waals surface area contributed by atoms with Crippen molar-refractivity contribution in [2.24, 2.45) is 0 Å². The second-order valence-electron chi connectivity index (χ2n) is 3.33. The first-order chi connectivity index (χ1) is 5.64. The van der Waals surface area contributed by atoms with E-state index in [0.717, 1.165) is 12.8 Å². The van der Waals surface area contributed by atoms with Crippen LogP contribution in [0, 0.1) is 0 Å². The maximum atomic E-state index is 5.75. The Hall–Kier alpha value is 0.270. The van der Waals surface area contributed by atoms with Crippen LogP contribution in [0.5, 0.6) is 0 Å². The Morgan fingerprint density at radius 1 is 1.58 bits per heavy atom. The van der Waals surface area contributed by atoms with Gasteiger partial charge in [0.15, 0.2) is 5.79 Å². The molecule has 0 bridgehead atoms. The number of thiol groups is 1. The Labute approximate surface area is 80.0 Å². The summed E-state index contributed by atoms with van der Waals surface area (Å²) in [6.45, 7) is 6.92. The average Bonchev–Trinajstić information content (AvgIpc) is 2.47. The molecular formula is C9H18O2S. The first kappa shape index (κ1) is 10.4. The van der Waals surface area contributed by atoms with Gasteiger partial charge in [-0.1, -0.05) is 13.8 Å². The third kappa shape index (κ3) is 1.78. The van der Waals surface area contributed by atoms with E-state index in [4.69, 9.17) is 9.47 Å². The summed E-state index contributed by atoms with van der Waals surface area (Å²) >= 11 is 4.48. The Kier molecular flexibility index (Phi) is 3.44. The summed E-state index contributed by atoms with van der Waals surface area (Å²) in [5, 5.41) is 0.187. The molecular weight excluding hydrogens is 172 g/mol. The molecule has 1 saturated heterocycles. The maximum Gasteiger partial charge on any atom is 0.180 e. The Morgan fingerprint density at radius 3 is 2.58 bits per heavy atom. The first-order valence-electron chi connectivity index (χ1n) is 4.64. The van der Waals surface area contributed by atoms with Crippen LogP contribution in [-0.4, -0.2) is 23.7 Å². The molecule has 2 nitrogen and oxygen atoms in total. The molecule has 72 valence electrons. The topological polar surface area (TPSA) is 18.5 Å². The van der Waals surface area contributed by atoms with Crippen LogP contribution < -0.4 is 0 Å². The van der Waals surface area contributed by atoms with Gasteiger partial charge < -0.3 is 9.47 Å². The molecule has 0 aromatic rings.